The number of hydrogen-bond donors (Lipinski definition) is 1. The highest BCUT2D eigenvalue weighted by molar-refractivity contribution is 9.10. The van der Waals surface area contributed by atoms with Crippen LogP contribution < -0.4 is 14.8 Å². The third-order valence-electron chi connectivity index (χ3n) is 4.34. The van der Waals surface area contributed by atoms with Crippen LogP contribution in [0.1, 0.15) is 22.3 Å². The predicted molar refractivity (Wildman–Crippen MR) is 120 cm³/mol. The first kappa shape index (κ1) is 22.3. The fourth-order valence-electron chi connectivity index (χ4n) is 2.76. The average Bonchev–Trinajstić information content (AvgIpc) is 2.69. The molecule has 3 aromatic rings. The molecule has 0 aliphatic heterocycles. The highest BCUT2D eigenvalue weighted by Gasteiger charge is 2.06. The Morgan fingerprint density at radius 2 is 1.54 bits per heavy atom. The van der Waals surface area contributed by atoms with Crippen LogP contribution in [0.5, 0.6) is 11.5 Å². The summed E-state index contributed by atoms with van der Waals surface area (Å²) < 4.78 is 12.3. The highest BCUT2D eigenvalue weighted by Crippen LogP contribution is 2.24. The van der Waals surface area contributed by atoms with Gasteiger partial charge in [-0.3, -0.25) is 0 Å². The van der Waals surface area contributed by atoms with E-state index >= 15 is 0 Å². The van der Waals surface area contributed by atoms with Crippen molar-refractivity contribution in [1.29, 1.82) is 0 Å². The third kappa shape index (κ3) is 6.55. The SMILES string of the molecule is COc1ccc(CNCc2cc(Br)ccc2OCc2ccc(C)cc2)cc1.Cl. The molecule has 0 aromatic heterocycles. The van der Waals surface area contributed by atoms with Crippen molar-refractivity contribution in [2.24, 2.45) is 0 Å². The maximum absolute atomic E-state index is 6.07. The molecule has 0 bridgehead atoms. The van der Waals surface area contributed by atoms with Crippen molar-refractivity contribution < 1.29 is 9.47 Å². The molecule has 0 radical (unpaired) electrons. The Morgan fingerprint density at radius 3 is 2.21 bits per heavy atom. The lowest BCUT2D eigenvalue weighted by molar-refractivity contribution is 0.302. The predicted octanol–water partition coefficient (Wildman–Crippen LogP) is 6.06. The van der Waals surface area contributed by atoms with E-state index < -0.39 is 0 Å². The molecule has 3 rings (SSSR count). The third-order valence-corrected chi connectivity index (χ3v) is 4.83. The van der Waals surface area contributed by atoms with E-state index in [2.05, 4.69) is 70.6 Å². The van der Waals surface area contributed by atoms with Crippen molar-refractivity contribution >= 4 is 28.3 Å². The minimum absolute atomic E-state index is 0. The quantitative estimate of drug-likeness (QED) is 0.441. The molecule has 0 aliphatic rings. The minimum Gasteiger partial charge on any atom is -0.497 e. The van der Waals surface area contributed by atoms with Gasteiger partial charge >= 0.3 is 0 Å². The van der Waals surface area contributed by atoms with Gasteiger partial charge in [0.15, 0.2) is 0 Å². The number of methoxy groups -OCH3 is 1. The van der Waals surface area contributed by atoms with Gasteiger partial charge in [-0.05, 0) is 48.4 Å². The van der Waals surface area contributed by atoms with Crippen LogP contribution in [0.15, 0.2) is 71.2 Å². The largest absolute Gasteiger partial charge is 0.497 e. The van der Waals surface area contributed by atoms with Gasteiger partial charge in [0.2, 0.25) is 0 Å². The summed E-state index contributed by atoms with van der Waals surface area (Å²) in [5.41, 5.74) is 4.77. The fourth-order valence-corrected chi connectivity index (χ4v) is 3.17. The summed E-state index contributed by atoms with van der Waals surface area (Å²) in [4.78, 5) is 0. The Morgan fingerprint density at radius 1 is 0.857 bits per heavy atom. The molecular formula is C23H25BrClNO2. The Bertz CT molecular complexity index is 867. The Hall–Kier alpha value is -2.01. The smallest absolute Gasteiger partial charge is 0.124 e. The highest BCUT2D eigenvalue weighted by atomic mass is 79.9. The average molecular weight is 463 g/mol. The van der Waals surface area contributed by atoms with E-state index in [4.69, 9.17) is 9.47 Å². The second-order valence-electron chi connectivity index (χ2n) is 6.48. The van der Waals surface area contributed by atoms with E-state index in [0.29, 0.717) is 6.61 Å². The van der Waals surface area contributed by atoms with E-state index in [1.165, 1.54) is 16.7 Å². The van der Waals surface area contributed by atoms with Crippen LogP contribution in [0, 0.1) is 6.92 Å². The summed E-state index contributed by atoms with van der Waals surface area (Å²) in [7, 11) is 1.68. The number of ether oxygens (including phenoxy) is 2. The van der Waals surface area contributed by atoms with Crippen LogP contribution in [-0.2, 0) is 19.7 Å². The fraction of sp³-hybridized carbons (Fsp3) is 0.217. The number of halogens is 2. The van der Waals surface area contributed by atoms with Crippen molar-refractivity contribution in [3.63, 3.8) is 0 Å². The number of rotatable bonds is 8. The first-order valence-corrected chi connectivity index (χ1v) is 9.74. The summed E-state index contributed by atoms with van der Waals surface area (Å²) in [5, 5.41) is 3.49. The van der Waals surface area contributed by atoms with E-state index in [9.17, 15) is 0 Å². The molecule has 3 aromatic carbocycles. The Kier molecular flexibility index (Phi) is 8.84. The van der Waals surface area contributed by atoms with Crippen LogP contribution in [0.3, 0.4) is 0 Å². The van der Waals surface area contributed by atoms with Gasteiger partial charge < -0.3 is 14.8 Å². The van der Waals surface area contributed by atoms with E-state index in [-0.39, 0.29) is 12.4 Å². The number of aryl methyl sites for hydroxylation is 1. The van der Waals surface area contributed by atoms with Crippen LogP contribution in [0.4, 0.5) is 0 Å². The molecule has 1 N–H and O–H groups in total. The van der Waals surface area contributed by atoms with Crippen LogP contribution in [0.2, 0.25) is 0 Å². The van der Waals surface area contributed by atoms with Crippen LogP contribution in [-0.4, -0.2) is 7.11 Å². The molecular weight excluding hydrogens is 438 g/mol. The number of hydrogen-bond acceptors (Lipinski definition) is 3. The van der Waals surface area contributed by atoms with E-state index in [1.54, 1.807) is 7.11 Å². The van der Waals surface area contributed by atoms with Crippen molar-refractivity contribution in [3.05, 3.63) is 93.5 Å². The molecule has 148 valence electrons. The first-order chi connectivity index (χ1) is 13.1. The Labute approximate surface area is 181 Å². The zero-order valence-electron chi connectivity index (χ0n) is 16.1. The second-order valence-corrected chi connectivity index (χ2v) is 7.39. The summed E-state index contributed by atoms with van der Waals surface area (Å²) in [5.74, 6) is 1.78. The molecule has 0 spiro atoms. The lowest BCUT2D eigenvalue weighted by atomic mass is 10.1. The molecule has 0 unspecified atom stereocenters. The van der Waals surface area contributed by atoms with Crippen LogP contribution in [0.25, 0.3) is 0 Å². The van der Waals surface area contributed by atoms with Gasteiger partial charge in [0.1, 0.15) is 18.1 Å². The molecule has 28 heavy (non-hydrogen) atoms. The standard InChI is InChI=1S/C23H24BrNO2.ClH/c1-17-3-5-19(6-4-17)16-27-23-12-9-21(24)13-20(23)15-25-14-18-7-10-22(26-2)11-8-18;/h3-13,25H,14-16H2,1-2H3;1H. The molecule has 0 atom stereocenters. The van der Waals surface area contributed by atoms with Gasteiger partial charge in [0.05, 0.1) is 7.11 Å². The maximum atomic E-state index is 6.07. The van der Waals surface area contributed by atoms with Crippen molar-refractivity contribution in [2.45, 2.75) is 26.6 Å². The van der Waals surface area contributed by atoms with Crippen molar-refractivity contribution in [3.8, 4) is 11.5 Å². The van der Waals surface area contributed by atoms with Gasteiger partial charge in [0.25, 0.3) is 0 Å². The molecule has 0 saturated heterocycles. The minimum atomic E-state index is 0. The second kappa shape index (κ2) is 11.1. The normalized spacial score (nSPS) is 10.2. The van der Waals surface area contributed by atoms with Gasteiger partial charge in [-0.1, -0.05) is 57.9 Å². The summed E-state index contributed by atoms with van der Waals surface area (Å²) in [6.07, 6.45) is 0. The van der Waals surface area contributed by atoms with Gasteiger partial charge in [-0.2, -0.15) is 0 Å². The zero-order valence-corrected chi connectivity index (χ0v) is 18.5. The van der Waals surface area contributed by atoms with Crippen LogP contribution >= 0.6 is 28.3 Å². The van der Waals surface area contributed by atoms with E-state index in [1.807, 2.05) is 24.3 Å². The lowest BCUT2D eigenvalue weighted by Gasteiger charge is -2.13. The zero-order chi connectivity index (χ0) is 19.1. The van der Waals surface area contributed by atoms with Crippen molar-refractivity contribution in [1.82, 2.24) is 5.32 Å². The van der Waals surface area contributed by atoms with E-state index in [0.717, 1.165) is 34.6 Å². The molecule has 0 fully saturated rings. The Balaban J connectivity index is 0.00000280. The molecule has 5 heteroatoms. The maximum Gasteiger partial charge on any atom is 0.124 e. The lowest BCUT2D eigenvalue weighted by Crippen LogP contribution is -2.13. The summed E-state index contributed by atoms with van der Waals surface area (Å²) in [6.45, 7) is 4.17. The number of benzene rings is 3. The van der Waals surface area contributed by atoms with Gasteiger partial charge in [-0.15, -0.1) is 12.4 Å². The monoisotopic (exact) mass is 461 g/mol. The summed E-state index contributed by atoms with van der Waals surface area (Å²) in [6, 6.07) is 22.7. The molecule has 0 heterocycles. The molecule has 0 amide bonds. The topological polar surface area (TPSA) is 30.5 Å². The first-order valence-electron chi connectivity index (χ1n) is 8.94. The number of nitrogens with one attached hydrogen (secondary N) is 1. The van der Waals surface area contributed by atoms with Gasteiger partial charge in [0, 0.05) is 23.1 Å². The summed E-state index contributed by atoms with van der Waals surface area (Å²) >= 11 is 3.56. The molecule has 0 aliphatic carbocycles. The molecule has 0 saturated carbocycles. The van der Waals surface area contributed by atoms with Gasteiger partial charge in [-0.25, -0.2) is 0 Å². The van der Waals surface area contributed by atoms with Crippen molar-refractivity contribution in [2.75, 3.05) is 7.11 Å². The molecule has 3 nitrogen and oxygen atoms in total.